The molecular formula is C31H34N2O3. The van der Waals surface area contributed by atoms with E-state index in [9.17, 15) is 4.79 Å². The van der Waals surface area contributed by atoms with E-state index in [-0.39, 0.29) is 17.2 Å². The molecule has 0 saturated heterocycles. The Hall–Kier alpha value is -3.73. The second kappa shape index (κ2) is 9.38. The lowest BCUT2D eigenvalue weighted by Gasteiger charge is -2.34. The van der Waals surface area contributed by atoms with Crippen molar-refractivity contribution in [3.8, 4) is 11.5 Å². The number of anilines is 2. The predicted octanol–water partition coefficient (Wildman–Crippen LogP) is 7.11. The summed E-state index contributed by atoms with van der Waals surface area (Å²) < 4.78 is 11.8. The van der Waals surface area contributed by atoms with E-state index in [4.69, 9.17) is 9.47 Å². The van der Waals surface area contributed by atoms with Gasteiger partial charge in [0, 0.05) is 17.7 Å². The molecule has 3 aromatic rings. The first-order valence-corrected chi connectivity index (χ1v) is 12.5. The van der Waals surface area contributed by atoms with Crippen LogP contribution in [0.15, 0.2) is 71.9 Å². The highest BCUT2D eigenvalue weighted by molar-refractivity contribution is 6.01. The van der Waals surface area contributed by atoms with Crippen LogP contribution in [0.1, 0.15) is 55.0 Å². The van der Waals surface area contributed by atoms with Gasteiger partial charge >= 0.3 is 0 Å². The summed E-state index contributed by atoms with van der Waals surface area (Å²) in [4.78, 5) is 13.6. The lowest BCUT2D eigenvalue weighted by atomic mass is 9.73. The second-order valence-electron chi connectivity index (χ2n) is 10.7. The lowest BCUT2D eigenvalue weighted by Crippen LogP contribution is -2.31. The fraction of sp³-hybridized carbons (Fsp3) is 0.323. The first kappa shape index (κ1) is 24.0. The predicted molar refractivity (Wildman–Crippen MR) is 145 cm³/mol. The van der Waals surface area contributed by atoms with Crippen LogP contribution < -0.4 is 20.1 Å². The maximum atomic E-state index is 13.6. The van der Waals surface area contributed by atoms with Gasteiger partial charge < -0.3 is 20.1 Å². The molecule has 1 atom stereocenters. The fourth-order valence-electron chi connectivity index (χ4n) is 5.18. The minimum Gasteiger partial charge on any atom is -0.493 e. The summed E-state index contributed by atoms with van der Waals surface area (Å²) in [5, 5.41) is 7.33. The maximum Gasteiger partial charge on any atom is 0.163 e. The molecule has 2 aliphatic rings. The quantitative estimate of drug-likeness (QED) is 0.406. The van der Waals surface area contributed by atoms with Crippen LogP contribution in [0, 0.1) is 19.3 Å². The lowest BCUT2D eigenvalue weighted by molar-refractivity contribution is -0.118. The third-order valence-corrected chi connectivity index (χ3v) is 7.19. The molecule has 0 amide bonds. The Morgan fingerprint density at radius 2 is 1.64 bits per heavy atom. The summed E-state index contributed by atoms with van der Waals surface area (Å²) in [5.41, 5.74) is 8.19. The zero-order valence-corrected chi connectivity index (χ0v) is 21.7. The number of carbonyl (C=O) groups is 1. The van der Waals surface area contributed by atoms with Gasteiger partial charge in [0.1, 0.15) is 6.61 Å². The molecule has 1 aliphatic heterocycles. The Labute approximate surface area is 213 Å². The number of hydrogen-bond acceptors (Lipinski definition) is 5. The Morgan fingerprint density at radius 1 is 0.917 bits per heavy atom. The number of allylic oxidation sites excluding steroid dienone is 1. The summed E-state index contributed by atoms with van der Waals surface area (Å²) in [5.74, 6) is 1.50. The first-order chi connectivity index (χ1) is 17.2. The molecule has 0 saturated carbocycles. The van der Waals surface area contributed by atoms with Crippen molar-refractivity contribution in [1.82, 2.24) is 0 Å². The molecule has 1 unspecified atom stereocenters. The summed E-state index contributed by atoms with van der Waals surface area (Å²) >= 11 is 0. The minimum atomic E-state index is -0.295. The van der Waals surface area contributed by atoms with Gasteiger partial charge in [0.2, 0.25) is 0 Å². The molecule has 186 valence electrons. The second-order valence-corrected chi connectivity index (χ2v) is 10.7. The van der Waals surface area contributed by atoms with Crippen LogP contribution in [-0.2, 0) is 11.4 Å². The normalized spacial score (nSPS) is 18.4. The van der Waals surface area contributed by atoms with Gasteiger partial charge in [-0.2, -0.15) is 0 Å². The Bertz CT molecular complexity index is 1340. The molecule has 0 radical (unpaired) electrons. The van der Waals surface area contributed by atoms with Crippen LogP contribution in [-0.4, -0.2) is 12.9 Å². The first-order valence-electron chi connectivity index (χ1n) is 12.5. The van der Waals surface area contributed by atoms with Crippen molar-refractivity contribution in [3.63, 3.8) is 0 Å². The molecule has 1 heterocycles. The third kappa shape index (κ3) is 4.70. The fourth-order valence-corrected chi connectivity index (χ4v) is 5.18. The molecular weight excluding hydrogens is 448 g/mol. The van der Waals surface area contributed by atoms with Gasteiger partial charge in [-0.1, -0.05) is 50.2 Å². The Balaban J connectivity index is 1.55. The van der Waals surface area contributed by atoms with Gasteiger partial charge in [0.05, 0.1) is 24.5 Å². The van der Waals surface area contributed by atoms with Crippen molar-refractivity contribution in [1.29, 1.82) is 0 Å². The Morgan fingerprint density at radius 3 is 2.36 bits per heavy atom. The molecule has 5 rings (SSSR count). The maximum absolute atomic E-state index is 13.6. The third-order valence-electron chi connectivity index (χ3n) is 7.19. The number of benzene rings is 3. The molecule has 1 aliphatic carbocycles. The van der Waals surface area contributed by atoms with Crippen molar-refractivity contribution in [2.24, 2.45) is 5.41 Å². The van der Waals surface area contributed by atoms with E-state index in [1.165, 1.54) is 11.1 Å². The molecule has 5 heteroatoms. The van der Waals surface area contributed by atoms with E-state index in [0.29, 0.717) is 24.5 Å². The molecule has 5 nitrogen and oxygen atoms in total. The minimum absolute atomic E-state index is 0.0927. The van der Waals surface area contributed by atoms with Gasteiger partial charge in [-0.15, -0.1) is 0 Å². The summed E-state index contributed by atoms with van der Waals surface area (Å²) in [7, 11) is 1.65. The number of carbonyl (C=O) groups excluding carboxylic acids is 1. The van der Waals surface area contributed by atoms with E-state index < -0.39 is 0 Å². The molecule has 3 aromatic carbocycles. The molecule has 36 heavy (non-hydrogen) atoms. The number of aryl methyl sites for hydroxylation is 2. The van der Waals surface area contributed by atoms with Gasteiger partial charge in [-0.3, -0.25) is 4.79 Å². The van der Waals surface area contributed by atoms with Gasteiger partial charge in [-0.05, 0) is 72.2 Å². The number of fused-ring (bicyclic) bond motifs is 1. The molecule has 0 spiro atoms. The standard InChI is InChI=1S/C31H34N2O3/c1-19-13-23-24(14-20(19)2)33-30(29-25(32-23)16-31(3,4)17-26(29)34)22-11-12-27(28(15-22)35-5)36-18-21-9-7-6-8-10-21/h6-15,30,32-33H,16-18H2,1-5H3. The largest absolute Gasteiger partial charge is 0.493 e. The van der Waals surface area contributed by atoms with Crippen molar-refractivity contribution in [2.75, 3.05) is 17.7 Å². The smallest absolute Gasteiger partial charge is 0.163 e. The highest BCUT2D eigenvalue weighted by Crippen LogP contribution is 2.46. The van der Waals surface area contributed by atoms with E-state index >= 15 is 0 Å². The molecule has 0 fully saturated rings. The van der Waals surface area contributed by atoms with E-state index in [1.807, 2.05) is 48.5 Å². The highest BCUT2D eigenvalue weighted by Gasteiger charge is 2.39. The van der Waals surface area contributed by atoms with Crippen molar-refractivity contribution in [2.45, 2.75) is 53.2 Å². The van der Waals surface area contributed by atoms with E-state index in [2.05, 4.69) is 50.5 Å². The van der Waals surface area contributed by atoms with Crippen LogP contribution in [0.2, 0.25) is 0 Å². The summed E-state index contributed by atoms with van der Waals surface area (Å²) in [6.45, 7) is 9.00. The van der Waals surface area contributed by atoms with Gasteiger partial charge in [0.15, 0.2) is 17.3 Å². The Kier molecular flexibility index (Phi) is 6.25. The highest BCUT2D eigenvalue weighted by atomic mass is 16.5. The topological polar surface area (TPSA) is 59.6 Å². The number of methoxy groups -OCH3 is 1. The number of ketones is 1. The van der Waals surface area contributed by atoms with Crippen molar-refractivity contribution < 1.29 is 14.3 Å². The molecule has 0 aromatic heterocycles. The van der Waals surface area contributed by atoms with Crippen LogP contribution in [0.3, 0.4) is 0 Å². The van der Waals surface area contributed by atoms with E-state index in [0.717, 1.165) is 40.2 Å². The van der Waals surface area contributed by atoms with Crippen molar-refractivity contribution in [3.05, 3.63) is 94.2 Å². The van der Waals surface area contributed by atoms with Crippen molar-refractivity contribution >= 4 is 17.2 Å². The van der Waals surface area contributed by atoms with Gasteiger partial charge in [-0.25, -0.2) is 0 Å². The average molecular weight is 483 g/mol. The molecule has 2 N–H and O–H groups in total. The summed E-state index contributed by atoms with van der Waals surface area (Å²) in [6.07, 6.45) is 1.34. The number of nitrogens with one attached hydrogen (secondary N) is 2. The van der Waals surface area contributed by atoms with Crippen LogP contribution in [0.4, 0.5) is 11.4 Å². The monoisotopic (exact) mass is 482 g/mol. The zero-order valence-electron chi connectivity index (χ0n) is 21.7. The number of Topliss-reactive ketones (excluding diaryl/α,β-unsaturated/α-hetero) is 1. The van der Waals surface area contributed by atoms with Crippen LogP contribution in [0.5, 0.6) is 11.5 Å². The number of rotatable bonds is 5. The molecule has 0 bridgehead atoms. The van der Waals surface area contributed by atoms with E-state index in [1.54, 1.807) is 7.11 Å². The van der Waals surface area contributed by atoms with Crippen LogP contribution >= 0.6 is 0 Å². The number of hydrogen-bond donors (Lipinski definition) is 2. The van der Waals surface area contributed by atoms with Crippen LogP contribution in [0.25, 0.3) is 0 Å². The summed E-state index contributed by atoms with van der Waals surface area (Å²) in [6, 6.07) is 20.1. The average Bonchev–Trinajstić information content (AvgIpc) is 2.99. The zero-order chi connectivity index (χ0) is 25.4. The number of ether oxygens (including phenoxy) is 2. The SMILES string of the molecule is COc1cc(C2Nc3cc(C)c(C)cc3NC3=C2C(=O)CC(C)(C)C3)ccc1OCc1ccccc1. The van der Waals surface area contributed by atoms with Gasteiger partial charge in [0.25, 0.3) is 0 Å².